The summed E-state index contributed by atoms with van der Waals surface area (Å²) in [6, 6.07) is -0.868. The van der Waals surface area contributed by atoms with Gasteiger partial charge in [0.05, 0.1) is 6.04 Å². The van der Waals surface area contributed by atoms with Crippen LogP contribution >= 0.6 is 22.9 Å². The van der Waals surface area contributed by atoms with E-state index in [1.54, 1.807) is 4.90 Å². The second-order valence-electron chi connectivity index (χ2n) is 8.51. The molecule has 3 amide bonds. The van der Waals surface area contributed by atoms with Crippen LogP contribution in [-0.4, -0.2) is 89.0 Å². The number of carbonyl (C=O) groups excluding carboxylic acids is 2. The molecule has 13 heteroatoms. The van der Waals surface area contributed by atoms with Crippen LogP contribution in [0.25, 0.3) is 0 Å². The number of hydrogen-bond acceptors (Lipinski definition) is 6. The van der Waals surface area contributed by atoms with Crippen LogP contribution < -0.4 is 10.6 Å². The number of thiazole rings is 1. The van der Waals surface area contributed by atoms with Crippen molar-refractivity contribution < 1.29 is 22.8 Å². The molecule has 2 N–H and O–H groups in total. The van der Waals surface area contributed by atoms with Crippen LogP contribution in [0.15, 0.2) is 0 Å². The Balaban J connectivity index is 1.52. The first-order chi connectivity index (χ1) is 14.4. The molecule has 0 aliphatic carbocycles. The van der Waals surface area contributed by atoms with Crippen molar-refractivity contribution in [2.45, 2.75) is 38.5 Å². The third-order valence-corrected chi connectivity index (χ3v) is 6.54. The maximum atomic E-state index is 12.9. The van der Waals surface area contributed by atoms with Crippen LogP contribution in [0.2, 0.25) is 4.34 Å². The number of anilines is 1. The predicted octanol–water partition coefficient (Wildman–Crippen LogP) is 2.56. The van der Waals surface area contributed by atoms with Crippen LogP contribution in [0, 0.1) is 0 Å². The van der Waals surface area contributed by atoms with E-state index in [1.807, 2.05) is 0 Å². The minimum absolute atomic E-state index is 0.00414. The summed E-state index contributed by atoms with van der Waals surface area (Å²) in [5, 5.41) is 5.42. The van der Waals surface area contributed by atoms with Gasteiger partial charge in [0.15, 0.2) is 10.8 Å². The molecule has 1 aromatic heterocycles. The van der Waals surface area contributed by atoms with Crippen molar-refractivity contribution >= 4 is 40.0 Å². The van der Waals surface area contributed by atoms with Crippen molar-refractivity contribution in [1.82, 2.24) is 25.0 Å². The van der Waals surface area contributed by atoms with Gasteiger partial charge in [0, 0.05) is 51.4 Å². The third-order valence-electron chi connectivity index (χ3n) is 5.37. The van der Waals surface area contributed by atoms with E-state index in [2.05, 4.69) is 41.3 Å². The number of carbonyl (C=O) groups is 2. The lowest BCUT2D eigenvalue weighted by molar-refractivity contribution is -0.140. The quantitative estimate of drug-likeness (QED) is 0.677. The highest BCUT2D eigenvalue weighted by molar-refractivity contribution is 7.19. The highest BCUT2D eigenvalue weighted by Crippen LogP contribution is 2.39. The molecule has 1 atom stereocenters. The first kappa shape index (κ1) is 24.0. The summed E-state index contributed by atoms with van der Waals surface area (Å²) in [5.41, 5.74) is -1.24. The van der Waals surface area contributed by atoms with Crippen molar-refractivity contribution in [2.24, 2.45) is 0 Å². The highest BCUT2D eigenvalue weighted by atomic mass is 35.5. The Morgan fingerprint density at radius 2 is 1.74 bits per heavy atom. The minimum Gasteiger partial charge on any atom is -0.338 e. The second-order valence-corrected chi connectivity index (χ2v) is 10.1. The molecule has 8 nitrogen and oxygen atoms in total. The Morgan fingerprint density at radius 1 is 1.13 bits per heavy atom. The average Bonchev–Trinajstić information content (AvgIpc) is 3.07. The molecule has 31 heavy (non-hydrogen) atoms. The topological polar surface area (TPSA) is 80.8 Å². The van der Waals surface area contributed by atoms with Crippen LogP contribution in [-0.2, 0) is 11.0 Å². The Morgan fingerprint density at radius 3 is 2.29 bits per heavy atom. The zero-order chi connectivity index (χ0) is 23.0. The molecule has 2 aliphatic rings. The van der Waals surface area contributed by atoms with E-state index in [0.29, 0.717) is 31.0 Å². The molecule has 2 saturated heterocycles. The monoisotopic (exact) mass is 482 g/mol. The molecule has 0 saturated carbocycles. The van der Waals surface area contributed by atoms with Gasteiger partial charge in [0.1, 0.15) is 4.34 Å². The number of urea groups is 1. The summed E-state index contributed by atoms with van der Waals surface area (Å²) in [7, 11) is 0. The maximum Gasteiger partial charge on any atom is 0.435 e. The summed E-state index contributed by atoms with van der Waals surface area (Å²) in [5.74, 6) is -0.00414. The molecule has 2 aliphatic heterocycles. The van der Waals surface area contributed by atoms with E-state index < -0.39 is 22.2 Å². The average molecular weight is 483 g/mol. The minimum atomic E-state index is -4.68. The van der Waals surface area contributed by atoms with Crippen LogP contribution in [0.4, 0.5) is 23.1 Å². The van der Waals surface area contributed by atoms with Gasteiger partial charge < -0.3 is 15.1 Å². The van der Waals surface area contributed by atoms with Gasteiger partial charge in [0.25, 0.3) is 0 Å². The Kier molecular flexibility index (Phi) is 7.04. The summed E-state index contributed by atoms with van der Waals surface area (Å²) in [6.45, 7) is 9.83. The number of hydrogen-bond donors (Lipinski definition) is 2. The van der Waals surface area contributed by atoms with Gasteiger partial charge in [-0.1, -0.05) is 22.9 Å². The third kappa shape index (κ3) is 5.79. The molecular weight excluding hydrogens is 457 g/mol. The normalized spacial score (nSPS) is 21.3. The van der Waals surface area contributed by atoms with E-state index in [4.69, 9.17) is 11.6 Å². The molecule has 0 unspecified atom stereocenters. The fraction of sp³-hybridized carbons (Fsp3) is 0.722. The largest absolute Gasteiger partial charge is 0.435 e. The van der Waals surface area contributed by atoms with E-state index in [-0.39, 0.29) is 35.7 Å². The van der Waals surface area contributed by atoms with Gasteiger partial charge in [-0.25, -0.2) is 9.78 Å². The van der Waals surface area contributed by atoms with Gasteiger partial charge in [-0.3, -0.25) is 15.0 Å². The fourth-order valence-corrected chi connectivity index (χ4v) is 4.65. The van der Waals surface area contributed by atoms with E-state index >= 15 is 0 Å². The van der Waals surface area contributed by atoms with Gasteiger partial charge in [-0.15, -0.1) is 0 Å². The molecule has 3 heterocycles. The summed E-state index contributed by atoms with van der Waals surface area (Å²) in [4.78, 5) is 34.1. The summed E-state index contributed by atoms with van der Waals surface area (Å²) < 4.78 is 37.9. The standard InChI is InChI=1S/C18H26ClF3N6O2S/c1-17(2,3)28-5-4-23-11(10-28)14(29)26-6-8-27(9-7-26)16(30)25-15-24-12(13(19)31-15)18(20,21)22/h11,23H,4-10H2,1-3H3,(H,24,25,30)/t11-/m1/s1. The molecule has 0 bridgehead atoms. The molecular formula is C18H26ClF3N6O2S. The number of amides is 3. The SMILES string of the molecule is CC(C)(C)N1CCN[C@@H](C(=O)N2CCN(C(=O)Nc3nc(C(F)(F)F)c(Cl)s3)CC2)C1. The summed E-state index contributed by atoms with van der Waals surface area (Å²) >= 11 is 6.14. The number of halogens is 4. The first-order valence-electron chi connectivity index (χ1n) is 9.93. The van der Waals surface area contributed by atoms with Crippen LogP contribution in [0.1, 0.15) is 26.5 Å². The Labute approximate surface area is 187 Å². The molecule has 2 fully saturated rings. The number of rotatable bonds is 2. The highest BCUT2D eigenvalue weighted by Gasteiger charge is 2.38. The number of piperazine rings is 2. The van der Waals surface area contributed by atoms with Gasteiger partial charge in [-0.05, 0) is 20.8 Å². The van der Waals surface area contributed by atoms with Gasteiger partial charge in [-0.2, -0.15) is 13.2 Å². The zero-order valence-electron chi connectivity index (χ0n) is 17.6. The fourth-order valence-electron chi connectivity index (χ4n) is 3.58. The van der Waals surface area contributed by atoms with Gasteiger partial charge >= 0.3 is 12.2 Å². The molecule has 3 rings (SSSR count). The second kappa shape index (κ2) is 9.08. The first-order valence-corrected chi connectivity index (χ1v) is 11.1. The van der Waals surface area contributed by atoms with E-state index in [1.165, 1.54) is 4.90 Å². The lowest BCUT2D eigenvalue weighted by atomic mass is 10.0. The Bertz CT molecular complexity index is 820. The molecule has 174 valence electrons. The van der Waals surface area contributed by atoms with Crippen molar-refractivity contribution in [1.29, 1.82) is 0 Å². The van der Waals surface area contributed by atoms with Gasteiger partial charge in [0.2, 0.25) is 5.91 Å². The van der Waals surface area contributed by atoms with Crippen molar-refractivity contribution in [2.75, 3.05) is 51.1 Å². The molecule has 0 spiro atoms. The Hall–Kier alpha value is -1.63. The number of aromatic nitrogens is 1. The molecule has 0 radical (unpaired) electrons. The van der Waals surface area contributed by atoms with E-state index in [9.17, 15) is 22.8 Å². The molecule has 1 aromatic rings. The van der Waals surface area contributed by atoms with E-state index in [0.717, 1.165) is 13.1 Å². The van der Waals surface area contributed by atoms with Crippen molar-refractivity contribution in [3.63, 3.8) is 0 Å². The smallest absolute Gasteiger partial charge is 0.338 e. The maximum absolute atomic E-state index is 12.9. The number of nitrogens with one attached hydrogen (secondary N) is 2. The van der Waals surface area contributed by atoms with Crippen LogP contribution in [0.3, 0.4) is 0 Å². The lowest BCUT2D eigenvalue weighted by Gasteiger charge is -2.43. The number of alkyl halides is 3. The zero-order valence-corrected chi connectivity index (χ0v) is 19.1. The predicted molar refractivity (Wildman–Crippen MR) is 112 cm³/mol. The van der Waals surface area contributed by atoms with Crippen LogP contribution in [0.5, 0.6) is 0 Å². The number of nitrogens with zero attached hydrogens (tertiary/aromatic N) is 4. The van der Waals surface area contributed by atoms with Crippen molar-refractivity contribution in [3.05, 3.63) is 10.0 Å². The molecule has 0 aromatic carbocycles. The van der Waals surface area contributed by atoms with Crippen molar-refractivity contribution in [3.8, 4) is 0 Å². The summed E-state index contributed by atoms with van der Waals surface area (Å²) in [6.07, 6.45) is -4.68. The lowest BCUT2D eigenvalue weighted by Crippen LogP contribution is -2.63.